The van der Waals surface area contributed by atoms with Crippen LogP contribution in [-0.4, -0.2) is 50.5 Å². The summed E-state index contributed by atoms with van der Waals surface area (Å²) in [6.45, 7) is 5.58. The average Bonchev–Trinajstić information content (AvgIpc) is 2.75. The number of sulfonamides is 1. The number of hydrogen-bond acceptors (Lipinski definition) is 4. The first-order valence-corrected chi connectivity index (χ1v) is 13.1. The highest BCUT2D eigenvalue weighted by atomic mass is 35.5. The fraction of sp³-hybridized carbons (Fsp3) is 0.391. The number of hydrogen-bond donors (Lipinski definition) is 1. The van der Waals surface area contributed by atoms with Gasteiger partial charge in [0.25, 0.3) is 0 Å². The molecule has 2 aromatic carbocycles. The molecule has 0 aliphatic rings. The number of carbonyl (C=O) groups excluding carboxylic acids is 2. The van der Waals surface area contributed by atoms with Crippen molar-refractivity contribution in [2.45, 2.75) is 39.8 Å². The molecule has 0 aliphatic carbocycles. The van der Waals surface area contributed by atoms with Crippen LogP contribution < -0.4 is 9.62 Å². The van der Waals surface area contributed by atoms with Crippen molar-refractivity contribution < 1.29 is 18.0 Å². The van der Waals surface area contributed by atoms with Crippen molar-refractivity contribution in [3.05, 3.63) is 63.6 Å². The van der Waals surface area contributed by atoms with E-state index < -0.39 is 28.5 Å². The maximum Gasteiger partial charge on any atom is 0.244 e. The highest BCUT2D eigenvalue weighted by molar-refractivity contribution is 7.92. The Labute approximate surface area is 205 Å². The first-order valence-electron chi connectivity index (χ1n) is 10.5. The number of amides is 2. The summed E-state index contributed by atoms with van der Waals surface area (Å²) in [6, 6.07) is 11.4. The maximum atomic E-state index is 13.5. The Kier molecular flexibility index (Phi) is 9.57. The molecule has 0 aromatic heterocycles. The zero-order chi connectivity index (χ0) is 24.8. The summed E-state index contributed by atoms with van der Waals surface area (Å²) in [4.78, 5) is 27.7. The lowest BCUT2D eigenvalue weighted by Crippen LogP contribution is -2.52. The molecule has 0 heterocycles. The second-order valence-corrected chi connectivity index (χ2v) is 10.4. The number of benzene rings is 2. The SMILES string of the molecule is CCNC(=O)[C@@H](CC)N(Cc1ccc(C)cc1)C(=O)CN(c1cccc(Cl)c1Cl)S(C)(=O)=O. The van der Waals surface area contributed by atoms with Gasteiger partial charge in [0.1, 0.15) is 12.6 Å². The third kappa shape index (κ3) is 7.09. The van der Waals surface area contributed by atoms with Crippen LogP contribution in [0, 0.1) is 6.92 Å². The number of rotatable bonds is 10. The van der Waals surface area contributed by atoms with E-state index in [1.54, 1.807) is 19.9 Å². The fourth-order valence-electron chi connectivity index (χ4n) is 3.38. The summed E-state index contributed by atoms with van der Waals surface area (Å²) in [5, 5.41) is 2.95. The summed E-state index contributed by atoms with van der Waals surface area (Å²) < 4.78 is 26.1. The van der Waals surface area contributed by atoms with Gasteiger partial charge in [-0.05, 0) is 38.0 Å². The normalized spacial score (nSPS) is 12.2. The quantitative estimate of drug-likeness (QED) is 0.519. The third-order valence-electron chi connectivity index (χ3n) is 5.09. The molecule has 10 heteroatoms. The molecule has 180 valence electrons. The Balaban J connectivity index is 2.47. The molecule has 1 N–H and O–H groups in total. The molecule has 0 fully saturated rings. The molecule has 0 saturated heterocycles. The maximum absolute atomic E-state index is 13.5. The number of nitrogens with zero attached hydrogens (tertiary/aromatic N) is 2. The zero-order valence-corrected chi connectivity index (χ0v) is 21.5. The van der Waals surface area contributed by atoms with E-state index in [0.29, 0.717) is 13.0 Å². The summed E-state index contributed by atoms with van der Waals surface area (Å²) in [6.07, 6.45) is 1.35. The van der Waals surface area contributed by atoms with Crippen molar-refractivity contribution in [3.63, 3.8) is 0 Å². The van der Waals surface area contributed by atoms with Gasteiger partial charge in [-0.2, -0.15) is 0 Å². The van der Waals surface area contributed by atoms with E-state index in [1.165, 1.54) is 17.0 Å². The second-order valence-electron chi connectivity index (χ2n) is 7.67. The van der Waals surface area contributed by atoms with Crippen LogP contribution in [0.1, 0.15) is 31.4 Å². The van der Waals surface area contributed by atoms with Gasteiger partial charge in [0.2, 0.25) is 21.8 Å². The van der Waals surface area contributed by atoms with E-state index in [4.69, 9.17) is 23.2 Å². The van der Waals surface area contributed by atoms with Crippen LogP contribution in [0.15, 0.2) is 42.5 Å². The molecule has 0 spiro atoms. The van der Waals surface area contributed by atoms with E-state index in [2.05, 4.69) is 5.32 Å². The molecule has 0 aliphatic heterocycles. The van der Waals surface area contributed by atoms with Crippen LogP contribution in [0.4, 0.5) is 5.69 Å². The van der Waals surface area contributed by atoms with Crippen molar-refractivity contribution in [2.75, 3.05) is 23.7 Å². The molecule has 2 rings (SSSR count). The summed E-state index contributed by atoms with van der Waals surface area (Å²) in [5.74, 6) is -0.831. The molecule has 1 atom stereocenters. The molecule has 2 aromatic rings. The van der Waals surface area contributed by atoms with Crippen molar-refractivity contribution in [3.8, 4) is 0 Å². The van der Waals surface area contributed by atoms with Crippen molar-refractivity contribution in [1.82, 2.24) is 10.2 Å². The van der Waals surface area contributed by atoms with Gasteiger partial charge in [-0.1, -0.05) is 66.0 Å². The number of likely N-dealkylation sites (N-methyl/N-ethyl adjacent to an activating group) is 1. The van der Waals surface area contributed by atoms with Gasteiger partial charge in [-0.15, -0.1) is 0 Å². The smallest absolute Gasteiger partial charge is 0.244 e. The first kappa shape index (κ1) is 27.0. The monoisotopic (exact) mass is 513 g/mol. The van der Waals surface area contributed by atoms with Crippen molar-refractivity contribution in [1.29, 1.82) is 0 Å². The van der Waals surface area contributed by atoms with Gasteiger partial charge in [0.15, 0.2) is 0 Å². The number of anilines is 1. The third-order valence-corrected chi connectivity index (χ3v) is 7.02. The minimum atomic E-state index is -3.88. The van der Waals surface area contributed by atoms with E-state index in [9.17, 15) is 18.0 Å². The van der Waals surface area contributed by atoms with E-state index in [0.717, 1.165) is 21.7 Å². The van der Waals surface area contributed by atoms with E-state index in [-0.39, 0.29) is 28.2 Å². The van der Waals surface area contributed by atoms with Crippen LogP contribution in [0.3, 0.4) is 0 Å². The molecular formula is C23H29Cl2N3O4S. The minimum Gasteiger partial charge on any atom is -0.355 e. The lowest BCUT2D eigenvalue weighted by Gasteiger charge is -2.33. The Bertz CT molecular complexity index is 1090. The fourth-order valence-corrected chi connectivity index (χ4v) is 4.68. The minimum absolute atomic E-state index is 0.0262. The van der Waals surface area contributed by atoms with Crippen molar-refractivity contribution >= 4 is 50.7 Å². The molecule has 33 heavy (non-hydrogen) atoms. The highest BCUT2D eigenvalue weighted by Gasteiger charge is 2.32. The molecule has 0 saturated carbocycles. The van der Waals surface area contributed by atoms with Gasteiger partial charge in [-0.25, -0.2) is 8.42 Å². The second kappa shape index (κ2) is 11.7. The van der Waals surface area contributed by atoms with Gasteiger partial charge in [0, 0.05) is 13.1 Å². The molecular weight excluding hydrogens is 485 g/mol. The number of nitrogens with one attached hydrogen (secondary N) is 1. The Morgan fingerprint density at radius 3 is 2.24 bits per heavy atom. The number of carbonyl (C=O) groups is 2. The zero-order valence-electron chi connectivity index (χ0n) is 19.1. The molecule has 7 nitrogen and oxygen atoms in total. The van der Waals surface area contributed by atoms with Crippen molar-refractivity contribution in [2.24, 2.45) is 0 Å². The first-order chi connectivity index (χ1) is 15.5. The van der Waals surface area contributed by atoms with Gasteiger partial charge >= 0.3 is 0 Å². The van der Waals surface area contributed by atoms with Gasteiger partial charge in [-0.3, -0.25) is 13.9 Å². The molecule has 0 radical (unpaired) electrons. The van der Waals surface area contributed by atoms with Crippen LogP contribution in [0.25, 0.3) is 0 Å². The summed E-state index contributed by atoms with van der Waals surface area (Å²) in [5.41, 5.74) is 1.98. The van der Waals surface area contributed by atoms with Gasteiger partial charge < -0.3 is 10.2 Å². The van der Waals surface area contributed by atoms with Crippen LogP contribution in [-0.2, 0) is 26.2 Å². The average molecular weight is 514 g/mol. The number of halogens is 2. The van der Waals surface area contributed by atoms with E-state index in [1.807, 2.05) is 31.2 Å². The predicted octanol–water partition coefficient (Wildman–Crippen LogP) is 4.01. The van der Waals surface area contributed by atoms with Crippen LogP contribution in [0.5, 0.6) is 0 Å². The Morgan fingerprint density at radius 1 is 1.06 bits per heavy atom. The predicted molar refractivity (Wildman–Crippen MR) is 133 cm³/mol. The topological polar surface area (TPSA) is 86.8 Å². The van der Waals surface area contributed by atoms with E-state index >= 15 is 0 Å². The highest BCUT2D eigenvalue weighted by Crippen LogP contribution is 2.33. The molecule has 2 amide bonds. The Morgan fingerprint density at radius 2 is 1.70 bits per heavy atom. The molecule has 0 unspecified atom stereocenters. The largest absolute Gasteiger partial charge is 0.355 e. The lowest BCUT2D eigenvalue weighted by molar-refractivity contribution is -0.140. The van der Waals surface area contributed by atoms with Crippen LogP contribution in [0.2, 0.25) is 10.0 Å². The van der Waals surface area contributed by atoms with Crippen LogP contribution >= 0.6 is 23.2 Å². The standard InChI is InChI=1S/C23H29Cl2N3O4S/c1-5-19(23(30)26-6-2)27(14-17-12-10-16(3)11-13-17)21(29)15-28(33(4,31)32)20-9-7-8-18(24)22(20)25/h7-13,19H,5-6,14-15H2,1-4H3,(H,26,30)/t19-/m1/s1. The molecule has 0 bridgehead atoms. The number of aryl methyl sites for hydroxylation is 1. The summed E-state index contributed by atoms with van der Waals surface area (Å²) in [7, 11) is -3.88. The lowest BCUT2D eigenvalue weighted by atomic mass is 10.1. The Hall–Kier alpha value is -2.29. The van der Waals surface area contributed by atoms with Gasteiger partial charge in [0.05, 0.1) is 22.0 Å². The summed E-state index contributed by atoms with van der Waals surface area (Å²) >= 11 is 12.3.